The fraction of sp³-hybridized carbons (Fsp3) is 0.263. The molecular weight excluding hydrogens is 326 g/mol. The van der Waals surface area contributed by atoms with Gasteiger partial charge in [-0.15, -0.1) is 0 Å². The highest BCUT2D eigenvalue weighted by Crippen LogP contribution is 2.41. The van der Waals surface area contributed by atoms with E-state index in [0.29, 0.717) is 5.56 Å². The first-order valence-electron chi connectivity index (χ1n) is 8.11. The van der Waals surface area contributed by atoms with Crippen LogP contribution in [0, 0.1) is 18.6 Å². The molecule has 6 heteroatoms. The van der Waals surface area contributed by atoms with Crippen LogP contribution in [0.15, 0.2) is 35.1 Å². The molecule has 25 heavy (non-hydrogen) atoms. The van der Waals surface area contributed by atoms with Crippen LogP contribution in [0.25, 0.3) is 11.1 Å². The van der Waals surface area contributed by atoms with Gasteiger partial charge < -0.3 is 4.42 Å². The Kier molecular flexibility index (Phi) is 4.53. The van der Waals surface area contributed by atoms with E-state index in [1.54, 1.807) is 19.1 Å². The molecule has 4 nitrogen and oxygen atoms in total. The monoisotopic (exact) mass is 344 g/mol. The molecular formula is C19H18F2N2O2. The summed E-state index contributed by atoms with van der Waals surface area (Å²) in [6.07, 6.45) is 2.39. The fourth-order valence-corrected chi connectivity index (χ4v) is 2.79. The van der Waals surface area contributed by atoms with E-state index in [2.05, 4.69) is 18.8 Å². The molecule has 1 amide bonds. The molecule has 2 heterocycles. The third-order valence-corrected chi connectivity index (χ3v) is 3.78. The number of anilines is 2. The van der Waals surface area contributed by atoms with E-state index in [1.165, 1.54) is 18.6 Å². The molecule has 0 saturated heterocycles. The zero-order chi connectivity index (χ0) is 18.1. The second-order valence-electron chi connectivity index (χ2n) is 5.97. The number of benzene rings is 2. The summed E-state index contributed by atoms with van der Waals surface area (Å²) in [4.78, 5) is 17.2. The summed E-state index contributed by atoms with van der Waals surface area (Å²) in [5.41, 5.74) is 1.58. The molecule has 130 valence electrons. The summed E-state index contributed by atoms with van der Waals surface area (Å²) in [6.45, 7) is 5.99. The summed E-state index contributed by atoms with van der Waals surface area (Å²) in [7, 11) is 0. The Balaban J connectivity index is 0.000000569. The Hall–Kier alpha value is -2.76. The molecule has 0 aliphatic carbocycles. The Labute approximate surface area is 144 Å². The van der Waals surface area contributed by atoms with Crippen molar-refractivity contribution in [1.29, 1.82) is 0 Å². The summed E-state index contributed by atoms with van der Waals surface area (Å²) >= 11 is 0. The first-order valence-corrected chi connectivity index (χ1v) is 8.11. The predicted molar refractivity (Wildman–Crippen MR) is 91.9 cm³/mol. The van der Waals surface area contributed by atoms with Gasteiger partial charge in [0.1, 0.15) is 11.3 Å². The van der Waals surface area contributed by atoms with Crippen LogP contribution in [0.1, 0.15) is 31.4 Å². The Morgan fingerprint density at radius 1 is 1.24 bits per heavy atom. The van der Waals surface area contributed by atoms with E-state index < -0.39 is 11.6 Å². The van der Waals surface area contributed by atoms with Gasteiger partial charge in [0, 0.05) is 0 Å². The zero-order valence-electron chi connectivity index (χ0n) is 14.3. The molecule has 0 unspecified atom stereocenters. The largest absolute Gasteiger partial charge is 0.443 e. The van der Waals surface area contributed by atoms with Gasteiger partial charge in [-0.1, -0.05) is 26.3 Å². The van der Waals surface area contributed by atoms with Crippen molar-refractivity contribution in [2.24, 2.45) is 0 Å². The van der Waals surface area contributed by atoms with Crippen molar-refractivity contribution in [2.45, 2.75) is 33.6 Å². The smallest absolute Gasteiger partial charge is 0.236 e. The molecule has 0 saturated carbocycles. The van der Waals surface area contributed by atoms with Crippen molar-refractivity contribution >= 4 is 28.4 Å². The lowest BCUT2D eigenvalue weighted by Gasteiger charge is -2.19. The lowest BCUT2D eigenvalue weighted by Crippen LogP contribution is -2.22. The van der Waals surface area contributed by atoms with Crippen LogP contribution < -0.4 is 4.90 Å². The average molecular weight is 344 g/mol. The number of oxazole rings is 1. The molecule has 1 aliphatic heterocycles. The standard InChI is InChI=1S/C16H10F2N2O2.C3H8/c1-8-2-3-11(10(17)4-8)20-13(21)6-9-5-12-15(19-7-22-12)14(18)16(9)20;1-3-2/h2-5,7H,6H2,1H3;3H2,1-2H3. The van der Waals surface area contributed by atoms with Gasteiger partial charge in [-0.3, -0.25) is 9.69 Å². The van der Waals surface area contributed by atoms with Gasteiger partial charge in [-0.25, -0.2) is 13.8 Å². The Morgan fingerprint density at radius 3 is 2.64 bits per heavy atom. The van der Waals surface area contributed by atoms with E-state index in [9.17, 15) is 13.6 Å². The summed E-state index contributed by atoms with van der Waals surface area (Å²) in [5.74, 6) is -1.63. The van der Waals surface area contributed by atoms with Crippen LogP contribution in [-0.2, 0) is 11.2 Å². The van der Waals surface area contributed by atoms with E-state index in [4.69, 9.17) is 4.42 Å². The van der Waals surface area contributed by atoms with E-state index in [-0.39, 0.29) is 34.8 Å². The molecule has 1 aromatic heterocycles. The van der Waals surface area contributed by atoms with Crippen molar-refractivity contribution in [1.82, 2.24) is 4.98 Å². The normalized spacial score (nSPS) is 13.0. The van der Waals surface area contributed by atoms with E-state index in [1.807, 2.05) is 0 Å². The van der Waals surface area contributed by atoms with Crippen molar-refractivity contribution in [2.75, 3.05) is 4.90 Å². The number of carbonyl (C=O) groups excluding carboxylic acids is 1. The van der Waals surface area contributed by atoms with E-state index >= 15 is 0 Å². The maximum Gasteiger partial charge on any atom is 0.236 e. The van der Waals surface area contributed by atoms with Gasteiger partial charge in [0.2, 0.25) is 5.91 Å². The second-order valence-corrected chi connectivity index (χ2v) is 5.97. The highest BCUT2D eigenvalue weighted by atomic mass is 19.1. The van der Waals surface area contributed by atoms with Gasteiger partial charge in [0.25, 0.3) is 0 Å². The third kappa shape index (κ3) is 2.88. The number of halogens is 2. The molecule has 0 radical (unpaired) electrons. The molecule has 4 rings (SSSR count). The minimum atomic E-state index is -0.674. The number of aromatic nitrogens is 1. The molecule has 0 fully saturated rings. The fourth-order valence-electron chi connectivity index (χ4n) is 2.79. The van der Waals surface area contributed by atoms with Gasteiger partial charge in [-0.2, -0.15) is 0 Å². The Morgan fingerprint density at radius 2 is 1.96 bits per heavy atom. The predicted octanol–water partition coefficient (Wildman–Crippen LogP) is 5.05. The number of aryl methyl sites for hydroxylation is 1. The first-order chi connectivity index (χ1) is 12.0. The van der Waals surface area contributed by atoms with Crippen LogP contribution in [0.5, 0.6) is 0 Å². The van der Waals surface area contributed by atoms with E-state index in [0.717, 1.165) is 16.9 Å². The molecule has 3 aromatic rings. The van der Waals surface area contributed by atoms with Crippen LogP contribution in [-0.4, -0.2) is 10.9 Å². The van der Waals surface area contributed by atoms with Crippen molar-refractivity contribution in [3.05, 3.63) is 53.4 Å². The SMILES string of the molecule is CCC.Cc1ccc(N2C(=O)Cc3cc4ocnc4c(F)c32)c(F)c1. The van der Waals surface area contributed by atoms with Gasteiger partial charge in [0.05, 0.1) is 17.8 Å². The average Bonchev–Trinajstić information content (AvgIpc) is 3.13. The quantitative estimate of drug-likeness (QED) is 0.620. The lowest BCUT2D eigenvalue weighted by molar-refractivity contribution is -0.116. The maximum atomic E-state index is 14.7. The van der Waals surface area contributed by atoms with Gasteiger partial charge >= 0.3 is 0 Å². The highest BCUT2D eigenvalue weighted by Gasteiger charge is 2.35. The van der Waals surface area contributed by atoms with Crippen molar-refractivity contribution in [3.63, 3.8) is 0 Å². The number of carbonyl (C=O) groups is 1. The number of amides is 1. The first kappa shape index (κ1) is 17.1. The van der Waals surface area contributed by atoms with Gasteiger partial charge in [-0.05, 0) is 36.2 Å². The maximum absolute atomic E-state index is 14.7. The number of rotatable bonds is 1. The topological polar surface area (TPSA) is 46.3 Å². The Bertz CT molecular complexity index is 950. The number of hydrogen-bond donors (Lipinski definition) is 0. The van der Waals surface area contributed by atoms with Crippen LogP contribution >= 0.6 is 0 Å². The van der Waals surface area contributed by atoms with Gasteiger partial charge in [0.15, 0.2) is 17.8 Å². The summed E-state index contributed by atoms with van der Waals surface area (Å²) < 4.78 is 34.0. The van der Waals surface area contributed by atoms with Crippen molar-refractivity contribution in [3.8, 4) is 0 Å². The summed E-state index contributed by atoms with van der Waals surface area (Å²) in [6, 6.07) is 6.04. The molecule has 0 bridgehead atoms. The highest BCUT2D eigenvalue weighted by molar-refractivity contribution is 6.09. The zero-order valence-corrected chi connectivity index (χ0v) is 14.3. The second kappa shape index (κ2) is 6.63. The van der Waals surface area contributed by atoms with Crippen molar-refractivity contribution < 1.29 is 18.0 Å². The molecule has 2 aromatic carbocycles. The lowest BCUT2D eigenvalue weighted by atomic mass is 10.1. The molecule has 0 spiro atoms. The number of fused-ring (bicyclic) bond motifs is 2. The summed E-state index contributed by atoms with van der Waals surface area (Å²) in [5, 5.41) is 0. The third-order valence-electron chi connectivity index (χ3n) is 3.78. The van der Waals surface area contributed by atoms with Crippen LogP contribution in [0.4, 0.5) is 20.2 Å². The number of hydrogen-bond acceptors (Lipinski definition) is 3. The number of nitrogens with zero attached hydrogens (tertiary/aromatic N) is 2. The minimum absolute atomic E-state index is 0.00376. The molecule has 1 aliphatic rings. The van der Waals surface area contributed by atoms with Crippen LogP contribution in [0.2, 0.25) is 0 Å². The minimum Gasteiger partial charge on any atom is -0.443 e. The van der Waals surface area contributed by atoms with Crippen LogP contribution in [0.3, 0.4) is 0 Å². The molecule has 0 N–H and O–H groups in total. The molecule has 0 atom stereocenters.